The molecule has 0 atom stereocenters. The van der Waals surface area contributed by atoms with Crippen LogP contribution in [-0.4, -0.2) is 9.55 Å². The van der Waals surface area contributed by atoms with Crippen LogP contribution in [0.15, 0.2) is 65.0 Å². The third kappa shape index (κ3) is 2.62. The van der Waals surface area contributed by atoms with E-state index in [-0.39, 0.29) is 5.43 Å². The molecule has 0 spiro atoms. The highest BCUT2D eigenvalue weighted by atomic mass is 16.1. The summed E-state index contributed by atoms with van der Waals surface area (Å²) < 4.78 is 2.19. The van der Waals surface area contributed by atoms with Crippen LogP contribution in [0.5, 0.6) is 0 Å². The van der Waals surface area contributed by atoms with E-state index in [9.17, 15) is 4.79 Å². The number of aryl methyl sites for hydroxylation is 1. The quantitative estimate of drug-likeness (QED) is 0.297. The lowest BCUT2D eigenvalue weighted by molar-refractivity contribution is 0.847. The Kier molecular flexibility index (Phi) is 3.65. The molecular formula is C22H20N2O. The number of benzene rings is 3. The van der Waals surface area contributed by atoms with E-state index in [4.69, 9.17) is 4.98 Å². The molecule has 0 bridgehead atoms. The van der Waals surface area contributed by atoms with Crippen molar-refractivity contribution in [3.63, 3.8) is 0 Å². The van der Waals surface area contributed by atoms with E-state index in [2.05, 4.69) is 30.6 Å². The summed E-state index contributed by atoms with van der Waals surface area (Å²) in [5.41, 5.74) is 6.14. The van der Waals surface area contributed by atoms with E-state index in [1.54, 1.807) is 6.07 Å². The number of hydrogen-bond donors (Lipinski definition) is 0. The van der Waals surface area contributed by atoms with E-state index < -0.39 is 0 Å². The van der Waals surface area contributed by atoms with Crippen molar-refractivity contribution < 1.29 is 0 Å². The smallest absolute Gasteiger partial charge is 0.188 e. The van der Waals surface area contributed by atoms with Gasteiger partial charge in [-0.15, -0.1) is 0 Å². The maximum atomic E-state index is 12.7. The van der Waals surface area contributed by atoms with Gasteiger partial charge in [-0.25, -0.2) is 4.98 Å². The predicted molar refractivity (Wildman–Crippen MR) is 104 cm³/mol. The molecule has 2 aliphatic rings. The number of para-hydroxylation sites is 2. The maximum absolute atomic E-state index is 12.7. The molecule has 4 rings (SSSR count). The van der Waals surface area contributed by atoms with Crippen molar-refractivity contribution in [2.45, 2.75) is 27.3 Å². The van der Waals surface area contributed by atoms with Gasteiger partial charge in [0.05, 0.1) is 22.4 Å². The molecule has 25 heavy (non-hydrogen) atoms. The molecule has 124 valence electrons. The zero-order valence-electron chi connectivity index (χ0n) is 14.7. The fourth-order valence-electron chi connectivity index (χ4n) is 3.31. The Morgan fingerprint density at radius 3 is 2.68 bits per heavy atom. The zero-order chi connectivity index (χ0) is 17.6. The first kappa shape index (κ1) is 15.6. The van der Waals surface area contributed by atoms with Gasteiger partial charge in [0.15, 0.2) is 5.43 Å². The highest BCUT2D eigenvalue weighted by Crippen LogP contribution is 2.30. The van der Waals surface area contributed by atoms with Gasteiger partial charge in [-0.2, -0.15) is 0 Å². The number of rotatable bonds is 2. The second kappa shape index (κ2) is 5.85. The molecule has 0 unspecified atom stereocenters. The van der Waals surface area contributed by atoms with Crippen LogP contribution in [0.25, 0.3) is 33.2 Å². The standard InChI is InChI=1S/C22H20N2O/c1-14(2)10-11-24-19-7-5-4-6-18(19)23-22-16-9-8-15(3)12-17(16)21(25)13-20(22)24/h4-10,12-13H,11H2,1-3H3. The summed E-state index contributed by atoms with van der Waals surface area (Å²) in [6.07, 6.45) is 2.18. The average molecular weight is 328 g/mol. The highest BCUT2D eigenvalue weighted by Gasteiger charge is 2.17. The SMILES string of the molecule is CC(C)=CCn1c2cc(=O)c3cc(C)ccc3c-2nc2ccccc21. The molecule has 1 aliphatic carbocycles. The number of allylic oxidation sites excluding steroid dienone is 2. The monoisotopic (exact) mass is 328 g/mol. The molecule has 0 aromatic heterocycles. The van der Waals surface area contributed by atoms with Crippen LogP contribution in [0.3, 0.4) is 0 Å². The molecule has 2 aromatic carbocycles. The number of nitrogens with zero attached hydrogens (tertiary/aromatic N) is 2. The maximum Gasteiger partial charge on any atom is 0.188 e. The fraction of sp³-hybridized carbons (Fsp3) is 0.182. The summed E-state index contributed by atoms with van der Waals surface area (Å²) in [4.78, 5) is 17.6. The number of fused-ring (bicyclic) bond motifs is 4. The summed E-state index contributed by atoms with van der Waals surface area (Å²) in [5, 5.41) is 1.66. The van der Waals surface area contributed by atoms with Gasteiger partial charge in [0, 0.05) is 23.4 Å². The third-order valence-corrected chi connectivity index (χ3v) is 4.58. The predicted octanol–water partition coefficient (Wildman–Crippen LogP) is 4.93. The first-order valence-corrected chi connectivity index (χ1v) is 8.50. The van der Waals surface area contributed by atoms with Crippen molar-refractivity contribution >= 4 is 21.8 Å². The van der Waals surface area contributed by atoms with E-state index in [0.717, 1.165) is 45.3 Å². The first-order valence-electron chi connectivity index (χ1n) is 8.50. The summed E-state index contributed by atoms with van der Waals surface area (Å²) in [7, 11) is 0. The third-order valence-electron chi connectivity index (χ3n) is 4.58. The van der Waals surface area contributed by atoms with Crippen molar-refractivity contribution in [2.24, 2.45) is 0 Å². The Morgan fingerprint density at radius 1 is 1.08 bits per heavy atom. The average Bonchev–Trinajstić information content (AvgIpc) is 2.59. The Hall–Kier alpha value is -2.94. The van der Waals surface area contributed by atoms with Crippen molar-refractivity contribution in [3.05, 3.63) is 76.0 Å². The molecule has 0 saturated carbocycles. The Labute approximate surface area is 146 Å². The molecule has 0 fully saturated rings. The lowest BCUT2D eigenvalue weighted by Gasteiger charge is -2.19. The lowest BCUT2D eigenvalue weighted by Crippen LogP contribution is -2.12. The van der Waals surface area contributed by atoms with Crippen LogP contribution >= 0.6 is 0 Å². The normalized spacial score (nSPS) is 11.3. The minimum atomic E-state index is 0.0502. The van der Waals surface area contributed by atoms with Gasteiger partial charge in [-0.1, -0.05) is 41.5 Å². The minimum absolute atomic E-state index is 0.0502. The number of hydrogen-bond acceptors (Lipinski definition) is 2. The Balaban J connectivity index is 2.18. The van der Waals surface area contributed by atoms with E-state index in [1.165, 1.54) is 5.57 Å². The van der Waals surface area contributed by atoms with Crippen molar-refractivity contribution in [1.82, 2.24) is 9.55 Å². The summed E-state index contributed by atoms with van der Waals surface area (Å²) in [6.45, 7) is 6.90. The van der Waals surface area contributed by atoms with Crippen LogP contribution < -0.4 is 5.43 Å². The zero-order valence-corrected chi connectivity index (χ0v) is 14.7. The molecule has 0 radical (unpaired) electrons. The molecule has 0 saturated heterocycles. The lowest BCUT2D eigenvalue weighted by atomic mass is 10.0. The van der Waals surface area contributed by atoms with Crippen molar-refractivity contribution in [3.8, 4) is 11.4 Å². The van der Waals surface area contributed by atoms with Crippen LogP contribution in [0.2, 0.25) is 0 Å². The van der Waals surface area contributed by atoms with E-state index >= 15 is 0 Å². The summed E-state index contributed by atoms with van der Waals surface area (Å²) in [5.74, 6) is 0. The van der Waals surface area contributed by atoms with Crippen LogP contribution in [0, 0.1) is 6.92 Å². The van der Waals surface area contributed by atoms with Gasteiger partial charge in [0.2, 0.25) is 0 Å². The van der Waals surface area contributed by atoms with Gasteiger partial charge in [0.25, 0.3) is 0 Å². The summed E-state index contributed by atoms with van der Waals surface area (Å²) in [6, 6.07) is 15.8. The van der Waals surface area contributed by atoms with Gasteiger partial charge < -0.3 is 4.57 Å². The number of aromatic nitrogens is 2. The first-order chi connectivity index (χ1) is 12.0. The summed E-state index contributed by atoms with van der Waals surface area (Å²) >= 11 is 0. The van der Waals surface area contributed by atoms with Gasteiger partial charge in [0.1, 0.15) is 0 Å². The molecule has 2 aromatic rings. The largest absolute Gasteiger partial charge is 0.334 e. The molecule has 0 amide bonds. The Morgan fingerprint density at radius 2 is 1.88 bits per heavy atom. The highest BCUT2D eigenvalue weighted by molar-refractivity contribution is 5.98. The fourth-order valence-corrected chi connectivity index (χ4v) is 3.31. The van der Waals surface area contributed by atoms with E-state index in [1.807, 2.05) is 43.3 Å². The minimum Gasteiger partial charge on any atom is -0.334 e. The molecule has 1 aliphatic heterocycles. The van der Waals surface area contributed by atoms with Crippen molar-refractivity contribution in [1.29, 1.82) is 0 Å². The molecule has 3 heteroatoms. The molecule has 3 nitrogen and oxygen atoms in total. The molecular weight excluding hydrogens is 308 g/mol. The second-order valence-electron chi connectivity index (χ2n) is 6.78. The Bertz CT molecular complexity index is 1160. The van der Waals surface area contributed by atoms with Gasteiger partial charge >= 0.3 is 0 Å². The van der Waals surface area contributed by atoms with Crippen molar-refractivity contribution in [2.75, 3.05) is 0 Å². The van der Waals surface area contributed by atoms with Crippen LogP contribution in [-0.2, 0) is 6.54 Å². The van der Waals surface area contributed by atoms with E-state index in [0.29, 0.717) is 0 Å². The molecule has 0 N–H and O–H groups in total. The van der Waals surface area contributed by atoms with Crippen LogP contribution in [0.1, 0.15) is 19.4 Å². The van der Waals surface area contributed by atoms with Gasteiger partial charge in [-0.05, 0) is 39.0 Å². The van der Waals surface area contributed by atoms with Crippen LogP contribution in [0.4, 0.5) is 0 Å². The van der Waals surface area contributed by atoms with Gasteiger partial charge in [-0.3, -0.25) is 4.79 Å². The molecule has 1 heterocycles. The second-order valence-corrected chi connectivity index (χ2v) is 6.78. The topological polar surface area (TPSA) is 34.9 Å².